The van der Waals surface area contributed by atoms with Crippen LogP contribution in [0.15, 0.2) is 0 Å². The van der Waals surface area contributed by atoms with E-state index < -0.39 is 5.54 Å². The Morgan fingerprint density at radius 2 is 2.18 bits per heavy atom. The third-order valence-corrected chi connectivity index (χ3v) is 3.58. The summed E-state index contributed by atoms with van der Waals surface area (Å²) in [5, 5.41) is 14.8. The summed E-state index contributed by atoms with van der Waals surface area (Å²) in [4.78, 5) is 11.0. The van der Waals surface area contributed by atoms with E-state index in [1.807, 2.05) is 13.8 Å². The fourth-order valence-corrected chi connectivity index (χ4v) is 2.38. The van der Waals surface area contributed by atoms with Crippen molar-refractivity contribution < 1.29 is 4.79 Å². The number of rotatable bonds is 9. The Balaban J connectivity index is 3.57. The van der Waals surface area contributed by atoms with E-state index in [1.165, 1.54) is 0 Å². The molecule has 0 aromatic rings. The Morgan fingerprint density at radius 1 is 1.47 bits per heavy atom. The molecule has 98 valence electrons. The van der Waals surface area contributed by atoms with Crippen molar-refractivity contribution in [3.8, 4) is 6.07 Å². The fraction of sp³-hybridized carbons (Fsp3) is 0.833. The maximum Gasteiger partial charge on any atom is 0.229 e. The highest BCUT2D eigenvalue weighted by Crippen LogP contribution is 2.14. The first-order valence-electron chi connectivity index (χ1n) is 6.02. The SMILES string of the molecule is CCNC(C)(C#N)CCCCSCC(=O)NC. The van der Waals surface area contributed by atoms with Crippen molar-refractivity contribution in [3.05, 3.63) is 0 Å². The number of unbranched alkanes of at least 4 members (excludes halogenated alkanes) is 1. The van der Waals surface area contributed by atoms with Crippen molar-refractivity contribution >= 4 is 17.7 Å². The second-order valence-electron chi connectivity index (χ2n) is 4.16. The van der Waals surface area contributed by atoms with E-state index in [4.69, 9.17) is 5.26 Å². The predicted octanol–water partition coefficient (Wildman–Crippen LogP) is 1.53. The van der Waals surface area contributed by atoms with Gasteiger partial charge < -0.3 is 5.32 Å². The first kappa shape index (κ1) is 16.3. The predicted molar refractivity (Wildman–Crippen MR) is 72.9 cm³/mol. The van der Waals surface area contributed by atoms with Crippen LogP contribution in [0.1, 0.15) is 33.1 Å². The van der Waals surface area contributed by atoms with Gasteiger partial charge in [0.15, 0.2) is 0 Å². The minimum atomic E-state index is -0.403. The maximum absolute atomic E-state index is 11.0. The number of carbonyl (C=O) groups excluding carboxylic acids is 1. The standard InChI is InChI=1S/C12H23N3OS/c1-4-15-12(2,10-13)7-5-6-8-17-9-11(16)14-3/h15H,4-9H2,1-3H3,(H,14,16). The second kappa shape index (κ2) is 9.32. The summed E-state index contributed by atoms with van der Waals surface area (Å²) in [7, 11) is 1.65. The lowest BCUT2D eigenvalue weighted by atomic mass is 9.97. The minimum Gasteiger partial charge on any atom is -0.358 e. The minimum absolute atomic E-state index is 0.0736. The van der Waals surface area contributed by atoms with Gasteiger partial charge in [-0.15, -0.1) is 0 Å². The summed E-state index contributed by atoms with van der Waals surface area (Å²) in [6.07, 6.45) is 2.92. The zero-order valence-electron chi connectivity index (χ0n) is 11.0. The largest absolute Gasteiger partial charge is 0.358 e. The lowest BCUT2D eigenvalue weighted by molar-refractivity contribution is -0.118. The van der Waals surface area contributed by atoms with Crippen LogP contribution in [-0.4, -0.2) is 36.5 Å². The van der Waals surface area contributed by atoms with Crippen LogP contribution in [0.2, 0.25) is 0 Å². The monoisotopic (exact) mass is 257 g/mol. The van der Waals surface area contributed by atoms with Gasteiger partial charge in [0.05, 0.1) is 11.8 Å². The molecule has 1 unspecified atom stereocenters. The van der Waals surface area contributed by atoms with Crippen LogP contribution in [0, 0.1) is 11.3 Å². The van der Waals surface area contributed by atoms with E-state index in [2.05, 4.69) is 16.7 Å². The summed E-state index contributed by atoms with van der Waals surface area (Å²) < 4.78 is 0. The van der Waals surface area contributed by atoms with Gasteiger partial charge in [-0.25, -0.2) is 0 Å². The number of thioether (sulfide) groups is 1. The number of hydrogen-bond acceptors (Lipinski definition) is 4. The molecule has 0 saturated carbocycles. The summed E-state index contributed by atoms with van der Waals surface area (Å²) in [6, 6.07) is 2.32. The molecule has 0 saturated heterocycles. The first-order chi connectivity index (χ1) is 8.08. The van der Waals surface area contributed by atoms with Gasteiger partial charge in [0.25, 0.3) is 0 Å². The summed E-state index contributed by atoms with van der Waals surface area (Å²) in [5.41, 5.74) is -0.403. The molecule has 0 aliphatic carbocycles. The Bertz CT molecular complexity index is 265. The number of nitriles is 1. The van der Waals surface area contributed by atoms with Crippen molar-refractivity contribution in [1.29, 1.82) is 5.26 Å². The van der Waals surface area contributed by atoms with Crippen LogP contribution in [0.4, 0.5) is 0 Å². The lowest BCUT2D eigenvalue weighted by Crippen LogP contribution is -2.40. The molecule has 0 radical (unpaired) electrons. The van der Waals surface area contributed by atoms with Gasteiger partial charge >= 0.3 is 0 Å². The van der Waals surface area contributed by atoms with Crippen molar-refractivity contribution in [2.75, 3.05) is 25.1 Å². The molecule has 0 aromatic heterocycles. The van der Waals surface area contributed by atoms with Crippen LogP contribution in [0.5, 0.6) is 0 Å². The molecule has 0 aliphatic heterocycles. The van der Waals surface area contributed by atoms with Gasteiger partial charge in [-0.2, -0.15) is 17.0 Å². The average Bonchev–Trinajstić information content (AvgIpc) is 2.33. The third kappa shape index (κ3) is 8.06. The van der Waals surface area contributed by atoms with Gasteiger partial charge in [0.1, 0.15) is 5.54 Å². The van der Waals surface area contributed by atoms with Crippen molar-refractivity contribution in [1.82, 2.24) is 10.6 Å². The molecular formula is C12H23N3OS. The number of nitrogens with one attached hydrogen (secondary N) is 2. The molecule has 0 bridgehead atoms. The molecule has 4 nitrogen and oxygen atoms in total. The molecular weight excluding hydrogens is 234 g/mol. The molecule has 0 fully saturated rings. The van der Waals surface area contributed by atoms with Gasteiger partial charge in [0, 0.05) is 7.05 Å². The van der Waals surface area contributed by atoms with Crippen molar-refractivity contribution in [2.45, 2.75) is 38.6 Å². The molecule has 0 heterocycles. The van der Waals surface area contributed by atoms with E-state index in [1.54, 1.807) is 18.8 Å². The zero-order chi connectivity index (χ0) is 13.1. The molecule has 5 heteroatoms. The van der Waals surface area contributed by atoms with Gasteiger partial charge in [-0.3, -0.25) is 10.1 Å². The molecule has 1 amide bonds. The lowest BCUT2D eigenvalue weighted by Gasteiger charge is -2.22. The molecule has 0 spiro atoms. The average molecular weight is 257 g/mol. The van der Waals surface area contributed by atoms with Gasteiger partial charge in [0.2, 0.25) is 5.91 Å². The smallest absolute Gasteiger partial charge is 0.229 e. The van der Waals surface area contributed by atoms with Gasteiger partial charge in [-0.05, 0) is 38.5 Å². The summed E-state index contributed by atoms with van der Waals surface area (Å²) >= 11 is 1.64. The van der Waals surface area contributed by atoms with E-state index in [9.17, 15) is 4.79 Å². The second-order valence-corrected chi connectivity index (χ2v) is 5.26. The van der Waals surface area contributed by atoms with E-state index in [0.717, 1.165) is 31.6 Å². The maximum atomic E-state index is 11.0. The highest BCUT2D eigenvalue weighted by molar-refractivity contribution is 7.99. The quantitative estimate of drug-likeness (QED) is 0.615. The van der Waals surface area contributed by atoms with Crippen LogP contribution >= 0.6 is 11.8 Å². The fourth-order valence-electron chi connectivity index (χ4n) is 1.49. The molecule has 0 aliphatic rings. The number of carbonyl (C=O) groups is 1. The topological polar surface area (TPSA) is 64.9 Å². The van der Waals surface area contributed by atoms with E-state index in [0.29, 0.717) is 5.75 Å². The van der Waals surface area contributed by atoms with E-state index >= 15 is 0 Å². The van der Waals surface area contributed by atoms with E-state index in [-0.39, 0.29) is 5.91 Å². The Labute approximate surface area is 109 Å². The third-order valence-electron chi connectivity index (χ3n) is 2.54. The Hall–Kier alpha value is -0.730. The molecule has 2 N–H and O–H groups in total. The molecule has 1 atom stereocenters. The number of nitrogens with zero attached hydrogens (tertiary/aromatic N) is 1. The van der Waals surface area contributed by atoms with Crippen LogP contribution in [0.3, 0.4) is 0 Å². The Morgan fingerprint density at radius 3 is 2.71 bits per heavy atom. The van der Waals surface area contributed by atoms with Crippen molar-refractivity contribution in [3.63, 3.8) is 0 Å². The Kier molecular flexibility index (Phi) is 8.92. The van der Waals surface area contributed by atoms with Crippen LogP contribution < -0.4 is 10.6 Å². The molecule has 17 heavy (non-hydrogen) atoms. The number of amides is 1. The summed E-state index contributed by atoms with van der Waals surface area (Å²) in [6.45, 7) is 4.76. The normalized spacial score (nSPS) is 13.8. The molecule has 0 aromatic carbocycles. The van der Waals surface area contributed by atoms with Crippen molar-refractivity contribution in [2.24, 2.45) is 0 Å². The van der Waals surface area contributed by atoms with Crippen LogP contribution in [0.25, 0.3) is 0 Å². The highest BCUT2D eigenvalue weighted by Gasteiger charge is 2.20. The zero-order valence-corrected chi connectivity index (χ0v) is 11.8. The van der Waals surface area contributed by atoms with Crippen LogP contribution in [-0.2, 0) is 4.79 Å². The first-order valence-corrected chi connectivity index (χ1v) is 7.18. The summed E-state index contributed by atoms with van der Waals surface area (Å²) in [5.74, 6) is 1.57. The van der Waals surface area contributed by atoms with Gasteiger partial charge in [-0.1, -0.05) is 6.92 Å². The number of hydrogen-bond donors (Lipinski definition) is 2. The molecule has 0 rings (SSSR count). The highest BCUT2D eigenvalue weighted by atomic mass is 32.2.